The van der Waals surface area contributed by atoms with Crippen molar-refractivity contribution in [2.45, 2.75) is 0 Å². The average molecular weight is 385 g/mol. The van der Waals surface area contributed by atoms with E-state index in [1.165, 1.54) is 0 Å². The number of benzene rings is 2. The molecule has 2 aromatic carbocycles. The summed E-state index contributed by atoms with van der Waals surface area (Å²) in [6.45, 7) is 3.68. The summed E-state index contributed by atoms with van der Waals surface area (Å²) < 4.78 is 16.4. The van der Waals surface area contributed by atoms with E-state index < -0.39 is 0 Å². The first-order valence-electron chi connectivity index (χ1n) is 9.39. The van der Waals surface area contributed by atoms with E-state index >= 15 is 0 Å². The number of nitrogens with zero attached hydrogens (tertiary/aromatic N) is 2. The molecule has 0 aromatic heterocycles. The molecular formula is C21H27N3O4. The molecule has 0 bridgehead atoms. The van der Waals surface area contributed by atoms with Crippen LogP contribution in [0.15, 0.2) is 48.5 Å². The maximum atomic E-state index is 12.4. The lowest BCUT2D eigenvalue weighted by Crippen LogP contribution is -2.52. The second kappa shape index (κ2) is 9.73. The molecule has 0 atom stereocenters. The summed E-state index contributed by atoms with van der Waals surface area (Å²) in [6, 6.07) is 15.4. The third-order valence-corrected chi connectivity index (χ3v) is 4.70. The summed E-state index contributed by atoms with van der Waals surface area (Å²) in [5, 5.41) is 2.92. The maximum Gasteiger partial charge on any atom is 0.317 e. The number of piperazine rings is 1. The van der Waals surface area contributed by atoms with Crippen molar-refractivity contribution in [1.29, 1.82) is 0 Å². The van der Waals surface area contributed by atoms with Crippen LogP contribution in [0.3, 0.4) is 0 Å². The molecular weight excluding hydrogens is 358 g/mol. The number of ether oxygens (including phenoxy) is 3. The molecule has 28 heavy (non-hydrogen) atoms. The van der Waals surface area contributed by atoms with Gasteiger partial charge in [0.05, 0.1) is 26.5 Å². The van der Waals surface area contributed by atoms with E-state index in [1.807, 2.05) is 53.4 Å². The van der Waals surface area contributed by atoms with Crippen LogP contribution in [0.25, 0.3) is 0 Å². The van der Waals surface area contributed by atoms with E-state index in [0.29, 0.717) is 37.7 Å². The fraction of sp³-hybridized carbons (Fsp3) is 0.381. The predicted octanol–water partition coefficient (Wildman–Crippen LogP) is 2.61. The fourth-order valence-electron chi connectivity index (χ4n) is 3.21. The lowest BCUT2D eigenvalue weighted by atomic mass is 10.2. The van der Waals surface area contributed by atoms with Crippen LogP contribution in [0.4, 0.5) is 10.5 Å². The summed E-state index contributed by atoms with van der Waals surface area (Å²) in [5.74, 6) is 2.21. The molecule has 3 rings (SSSR count). The minimum absolute atomic E-state index is 0.0664. The van der Waals surface area contributed by atoms with Crippen LogP contribution in [0.1, 0.15) is 0 Å². The normalized spacial score (nSPS) is 13.8. The molecule has 0 spiro atoms. The second-order valence-electron chi connectivity index (χ2n) is 6.38. The number of hydrogen-bond acceptors (Lipinski definition) is 5. The topological polar surface area (TPSA) is 63.3 Å². The first-order chi connectivity index (χ1) is 13.7. The lowest BCUT2D eigenvalue weighted by Gasteiger charge is -2.36. The molecule has 1 fully saturated rings. The molecule has 1 saturated heterocycles. The van der Waals surface area contributed by atoms with Gasteiger partial charge >= 0.3 is 6.03 Å². The number of carbonyl (C=O) groups excluding carboxylic acids is 1. The number of para-hydroxylation sites is 4. The highest BCUT2D eigenvalue weighted by Gasteiger charge is 2.22. The van der Waals surface area contributed by atoms with Gasteiger partial charge in [0.2, 0.25) is 0 Å². The number of methoxy groups -OCH3 is 2. The summed E-state index contributed by atoms with van der Waals surface area (Å²) >= 11 is 0. The molecule has 1 aliphatic rings. The summed E-state index contributed by atoms with van der Waals surface area (Å²) in [6.07, 6.45) is 0. The van der Waals surface area contributed by atoms with Crippen molar-refractivity contribution in [3.8, 4) is 17.2 Å². The van der Waals surface area contributed by atoms with Crippen LogP contribution < -0.4 is 24.4 Å². The fourth-order valence-corrected chi connectivity index (χ4v) is 3.21. The molecule has 0 unspecified atom stereocenters. The van der Waals surface area contributed by atoms with Gasteiger partial charge in [0.15, 0.2) is 11.5 Å². The zero-order valence-corrected chi connectivity index (χ0v) is 16.4. The van der Waals surface area contributed by atoms with Gasteiger partial charge in [-0.15, -0.1) is 0 Å². The Kier molecular flexibility index (Phi) is 6.84. The molecule has 7 heteroatoms. The third kappa shape index (κ3) is 4.79. The number of anilines is 1. The van der Waals surface area contributed by atoms with Gasteiger partial charge in [0.1, 0.15) is 12.4 Å². The maximum absolute atomic E-state index is 12.4. The van der Waals surface area contributed by atoms with Crippen molar-refractivity contribution in [2.24, 2.45) is 0 Å². The van der Waals surface area contributed by atoms with Crippen molar-refractivity contribution >= 4 is 11.7 Å². The van der Waals surface area contributed by atoms with Crippen molar-refractivity contribution in [2.75, 3.05) is 58.5 Å². The van der Waals surface area contributed by atoms with Gasteiger partial charge < -0.3 is 29.3 Å². The molecule has 0 saturated carbocycles. The number of nitrogens with one attached hydrogen (secondary N) is 1. The van der Waals surface area contributed by atoms with Crippen LogP contribution in [-0.4, -0.2) is 64.5 Å². The van der Waals surface area contributed by atoms with E-state index in [-0.39, 0.29) is 6.03 Å². The molecule has 2 amide bonds. The lowest BCUT2D eigenvalue weighted by molar-refractivity contribution is 0.191. The van der Waals surface area contributed by atoms with Crippen molar-refractivity contribution in [1.82, 2.24) is 10.2 Å². The predicted molar refractivity (Wildman–Crippen MR) is 109 cm³/mol. The van der Waals surface area contributed by atoms with E-state index in [1.54, 1.807) is 14.2 Å². The largest absolute Gasteiger partial charge is 0.495 e. The minimum atomic E-state index is -0.0664. The minimum Gasteiger partial charge on any atom is -0.495 e. The number of urea groups is 1. The Morgan fingerprint density at radius 3 is 2.18 bits per heavy atom. The number of carbonyl (C=O) groups is 1. The van der Waals surface area contributed by atoms with Crippen molar-refractivity contribution < 1.29 is 19.0 Å². The van der Waals surface area contributed by atoms with E-state index in [0.717, 1.165) is 24.5 Å². The Labute approximate surface area is 165 Å². The highest BCUT2D eigenvalue weighted by molar-refractivity contribution is 5.74. The molecule has 1 N–H and O–H groups in total. The Hall–Kier alpha value is -3.09. The molecule has 2 aromatic rings. The molecule has 150 valence electrons. The molecule has 1 heterocycles. The summed E-state index contributed by atoms with van der Waals surface area (Å²) in [7, 11) is 3.28. The van der Waals surface area contributed by atoms with Gasteiger partial charge in [-0.3, -0.25) is 0 Å². The van der Waals surface area contributed by atoms with E-state index in [9.17, 15) is 4.79 Å². The van der Waals surface area contributed by atoms with E-state index in [2.05, 4.69) is 10.2 Å². The molecule has 0 aliphatic carbocycles. The third-order valence-electron chi connectivity index (χ3n) is 4.70. The first-order valence-corrected chi connectivity index (χ1v) is 9.39. The Balaban J connectivity index is 1.42. The smallest absolute Gasteiger partial charge is 0.317 e. The Bertz CT molecular complexity index is 776. The van der Waals surface area contributed by atoms with Crippen LogP contribution in [0.2, 0.25) is 0 Å². The van der Waals surface area contributed by atoms with Gasteiger partial charge in [0.25, 0.3) is 0 Å². The van der Waals surface area contributed by atoms with Gasteiger partial charge in [-0.05, 0) is 24.3 Å². The van der Waals surface area contributed by atoms with Gasteiger partial charge in [-0.2, -0.15) is 0 Å². The van der Waals surface area contributed by atoms with E-state index in [4.69, 9.17) is 14.2 Å². The van der Waals surface area contributed by atoms with Gasteiger partial charge in [-0.25, -0.2) is 4.79 Å². The van der Waals surface area contributed by atoms with Crippen LogP contribution in [-0.2, 0) is 0 Å². The number of amides is 2. The zero-order chi connectivity index (χ0) is 19.8. The second-order valence-corrected chi connectivity index (χ2v) is 6.38. The Morgan fingerprint density at radius 1 is 0.893 bits per heavy atom. The van der Waals surface area contributed by atoms with Gasteiger partial charge in [-0.1, -0.05) is 24.3 Å². The summed E-state index contributed by atoms with van der Waals surface area (Å²) in [5.41, 5.74) is 1.07. The number of hydrogen-bond donors (Lipinski definition) is 1. The van der Waals surface area contributed by atoms with Gasteiger partial charge in [0, 0.05) is 26.2 Å². The zero-order valence-electron chi connectivity index (χ0n) is 16.4. The number of rotatable bonds is 7. The highest BCUT2D eigenvalue weighted by Crippen LogP contribution is 2.28. The van der Waals surface area contributed by atoms with Crippen molar-refractivity contribution in [3.05, 3.63) is 48.5 Å². The van der Waals surface area contributed by atoms with Crippen molar-refractivity contribution in [3.63, 3.8) is 0 Å². The van der Waals surface area contributed by atoms with Crippen LogP contribution >= 0.6 is 0 Å². The monoisotopic (exact) mass is 385 g/mol. The molecule has 0 radical (unpaired) electrons. The first kappa shape index (κ1) is 19.7. The highest BCUT2D eigenvalue weighted by atomic mass is 16.5. The average Bonchev–Trinajstić information content (AvgIpc) is 2.77. The quantitative estimate of drug-likeness (QED) is 0.743. The SMILES string of the molecule is COc1ccccc1OCCNC(=O)N1CCN(c2ccccc2OC)CC1. The van der Waals surface area contributed by atoms with Crippen LogP contribution in [0, 0.1) is 0 Å². The summed E-state index contributed by atoms with van der Waals surface area (Å²) in [4.78, 5) is 16.5. The van der Waals surface area contributed by atoms with Crippen LogP contribution in [0.5, 0.6) is 17.2 Å². The molecule has 1 aliphatic heterocycles. The standard InChI is InChI=1S/C21H27N3O4/c1-26-18-8-4-3-7-17(18)23-12-14-24(15-13-23)21(25)22-11-16-28-20-10-6-5-9-19(20)27-2/h3-10H,11-16H2,1-2H3,(H,22,25). The molecule has 7 nitrogen and oxygen atoms in total. The Morgan fingerprint density at radius 2 is 1.50 bits per heavy atom.